The number of methoxy groups -OCH3 is 1. The van der Waals surface area contributed by atoms with Crippen LogP contribution in [0.15, 0.2) is 0 Å². The number of hydrogen-bond donors (Lipinski definition) is 1. The van der Waals surface area contributed by atoms with Crippen LogP contribution in [0.25, 0.3) is 0 Å². The molecular formula is C13H24N2O4. The van der Waals surface area contributed by atoms with Crippen LogP contribution in [0.5, 0.6) is 0 Å². The molecule has 1 amide bonds. The van der Waals surface area contributed by atoms with Gasteiger partial charge in [-0.25, -0.2) is 4.79 Å². The Morgan fingerprint density at radius 3 is 2.63 bits per heavy atom. The standard InChI is InChI=1S/C13H24N2O4/c1-13(2,3)19-12(17)14-7-9-15-8-5-6-10(15)11(16)18-4/h10H,5-9H2,1-4H3,(H,14,17). The van der Waals surface area contributed by atoms with Crippen molar-refractivity contribution in [2.24, 2.45) is 0 Å². The number of esters is 1. The summed E-state index contributed by atoms with van der Waals surface area (Å²) in [5.74, 6) is -0.199. The molecule has 6 nitrogen and oxygen atoms in total. The summed E-state index contributed by atoms with van der Waals surface area (Å²) >= 11 is 0. The number of hydrogen-bond acceptors (Lipinski definition) is 5. The van der Waals surface area contributed by atoms with Crippen LogP contribution in [-0.4, -0.2) is 55.3 Å². The van der Waals surface area contributed by atoms with Gasteiger partial charge in [-0.2, -0.15) is 0 Å². The van der Waals surface area contributed by atoms with Gasteiger partial charge in [0.05, 0.1) is 7.11 Å². The van der Waals surface area contributed by atoms with Crippen molar-refractivity contribution < 1.29 is 19.1 Å². The average molecular weight is 272 g/mol. The first kappa shape index (κ1) is 15.8. The van der Waals surface area contributed by atoms with E-state index in [1.54, 1.807) is 0 Å². The van der Waals surface area contributed by atoms with E-state index in [0.717, 1.165) is 19.4 Å². The van der Waals surface area contributed by atoms with Crippen LogP contribution in [-0.2, 0) is 14.3 Å². The van der Waals surface area contributed by atoms with Gasteiger partial charge in [-0.05, 0) is 40.2 Å². The predicted octanol–water partition coefficient (Wildman–Crippen LogP) is 1.15. The summed E-state index contributed by atoms with van der Waals surface area (Å²) in [4.78, 5) is 25.0. The molecule has 0 aromatic carbocycles. The molecule has 1 rings (SSSR count). The van der Waals surface area contributed by atoms with Crippen LogP contribution in [0.1, 0.15) is 33.6 Å². The van der Waals surface area contributed by atoms with Gasteiger partial charge < -0.3 is 14.8 Å². The van der Waals surface area contributed by atoms with Crippen LogP contribution < -0.4 is 5.32 Å². The van der Waals surface area contributed by atoms with E-state index in [9.17, 15) is 9.59 Å². The maximum atomic E-state index is 11.5. The Bertz CT molecular complexity index is 325. The zero-order valence-corrected chi connectivity index (χ0v) is 12.2. The van der Waals surface area contributed by atoms with E-state index in [4.69, 9.17) is 9.47 Å². The van der Waals surface area contributed by atoms with Gasteiger partial charge in [0, 0.05) is 13.1 Å². The van der Waals surface area contributed by atoms with E-state index in [2.05, 4.69) is 5.32 Å². The highest BCUT2D eigenvalue weighted by Crippen LogP contribution is 2.17. The number of nitrogens with zero attached hydrogens (tertiary/aromatic N) is 1. The molecule has 0 radical (unpaired) electrons. The summed E-state index contributed by atoms with van der Waals surface area (Å²) in [5, 5.41) is 2.69. The average Bonchev–Trinajstić information content (AvgIpc) is 2.74. The van der Waals surface area contributed by atoms with Crippen molar-refractivity contribution in [3.63, 3.8) is 0 Å². The molecule has 1 heterocycles. The third-order valence-electron chi connectivity index (χ3n) is 2.90. The highest BCUT2D eigenvalue weighted by molar-refractivity contribution is 5.76. The number of ether oxygens (including phenoxy) is 2. The fraction of sp³-hybridized carbons (Fsp3) is 0.846. The normalized spacial score (nSPS) is 20.1. The number of alkyl carbamates (subject to hydrolysis) is 1. The third-order valence-corrected chi connectivity index (χ3v) is 2.90. The second-order valence-corrected chi connectivity index (χ2v) is 5.65. The molecule has 0 saturated carbocycles. The van der Waals surface area contributed by atoms with Crippen LogP contribution in [0.4, 0.5) is 4.79 Å². The van der Waals surface area contributed by atoms with Crippen LogP contribution in [0.2, 0.25) is 0 Å². The lowest BCUT2D eigenvalue weighted by Gasteiger charge is -2.23. The first-order chi connectivity index (χ1) is 8.83. The molecule has 0 aromatic rings. The number of rotatable bonds is 4. The second kappa shape index (κ2) is 6.75. The molecule has 1 aliphatic rings. The summed E-state index contributed by atoms with van der Waals surface area (Å²) < 4.78 is 9.90. The number of likely N-dealkylation sites (tertiary alicyclic amines) is 1. The van der Waals surface area contributed by atoms with E-state index in [1.165, 1.54) is 7.11 Å². The van der Waals surface area contributed by atoms with E-state index >= 15 is 0 Å². The van der Waals surface area contributed by atoms with E-state index in [-0.39, 0.29) is 12.0 Å². The summed E-state index contributed by atoms with van der Waals surface area (Å²) in [5.41, 5.74) is -0.494. The van der Waals surface area contributed by atoms with Gasteiger partial charge in [-0.15, -0.1) is 0 Å². The van der Waals surface area contributed by atoms with E-state index in [0.29, 0.717) is 13.1 Å². The topological polar surface area (TPSA) is 67.9 Å². The lowest BCUT2D eigenvalue weighted by molar-refractivity contribution is -0.145. The Morgan fingerprint density at radius 2 is 2.05 bits per heavy atom. The van der Waals surface area contributed by atoms with Crippen molar-refractivity contribution in [2.75, 3.05) is 26.7 Å². The van der Waals surface area contributed by atoms with Gasteiger partial charge in [0.15, 0.2) is 0 Å². The van der Waals surface area contributed by atoms with E-state index < -0.39 is 11.7 Å². The fourth-order valence-corrected chi connectivity index (χ4v) is 2.11. The zero-order valence-electron chi connectivity index (χ0n) is 12.2. The van der Waals surface area contributed by atoms with E-state index in [1.807, 2.05) is 25.7 Å². The molecule has 1 aliphatic heterocycles. The predicted molar refractivity (Wildman–Crippen MR) is 70.8 cm³/mol. The van der Waals surface area contributed by atoms with Crippen LogP contribution in [0, 0.1) is 0 Å². The van der Waals surface area contributed by atoms with Crippen LogP contribution >= 0.6 is 0 Å². The Morgan fingerprint density at radius 1 is 1.37 bits per heavy atom. The Kier molecular flexibility index (Phi) is 5.60. The van der Waals surface area contributed by atoms with Crippen molar-refractivity contribution in [1.82, 2.24) is 10.2 Å². The summed E-state index contributed by atoms with van der Waals surface area (Å²) in [6.07, 6.45) is 1.37. The highest BCUT2D eigenvalue weighted by Gasteiger charge is 2.31. The smallest absolute Gasteiger partial charge is 0.407 e. The van der Waals surface area contributed by atoms with Gasteiger partial charge in [0.1, 0.15) is 11.6 Å². The van der Waals surface area contributed by atoms with Gasteiger partial charge in [-0.3, -0.25) is 9.69 Å². The largest absolute Gasteiger partial charge is 0.468 e. The molecule has 19 heavy (non-hydrogen) atoms. The van der Waals surface area contributed by atoms with Crippen molar-refractivity contribution >= 4 is 12.1 Å². The quantitative estimate of drug-likeness (QED) is 0.778. The molecule has 110 valence electrons. The molecule has 0 bridgehead atoms. The minimum Gasteiger partial charge on any atom is -0.468 e. The maximum Gasteiger partial charge on any atom is 0.407 e. The fourth-order valence-electron chi connectivity index (χ4n) is 2.11. The molecule has 0 aromatic heterocycles. The van der Waals surface area contributed by atoms with Crippen molar-refractivity contribution in [2.45, 2.75) is 45.3 Å². The van der Waals surface area contributed by atoms with Gasteiger partial charge >= 0.3 is 12.1 Å². The zero-order chi connectivity index (χ0) is 14.5. The molecule has 0 spiro atoms. The molecule has 1 saturated heterocycles. The molecule has 0 aliphatic carbocycles. The number of carbonyl (C=O) groups is 2. The van der Waals surface area contributed by atoms with Crippen molar-refractivity contribution in [3.8, 4) is 0 Å². The van der Waals surface area contributed by atoms with Crippen LogP contribution in [0.3, 0.4) is 0 Å². The van der Waals surface area contributed by atoms with Crippen molar-refractivity contribution in [1.29, 1.82) is 0 Å². The number of carbonyl (C=O) groups excluding carboxylic acids is 2. The molecule has 6 heteroatoms. The summed E-state index contributed by atoms with van der Waals surface area (Å²) in [6, 6.07) is -0.176. The summed E-state index contributed by atoms with van der Waals surface area (Å²) in [6.45, 7) is 7.40. The Balaban J connectivity index is 2.29. The minimum absolute atomic E-state index is 0.176. The Labute approximate surface area is 114 Å². The molecule has 1 atom stereocenters. The lowest BCUT2D eigenvalue weighted by Crippen LogP contribution is -2.42. The van der Waals surface area contributed by atoms with Gasteiger partial charge in [0.25, 0.3) is 0 Å². The molecule has 1 N–H and O–H groups in total. The molecule has 1 unspecified atom stereocenters. The number of amides is 1. The highest BCUT2D eigenvalue weighted by atomic mass is 16.6. The summed E-state index contributed by atoms with van der Waals surface area (Å²) in [7, 11) is 1.40. The molecule has 1 fully saturated rings. The first-order valence-electron chi connectivity index (χ1n) is 6.62. The lowest BCUT2D eigenvalue weighted by atomic mass is 10.2. The van der Waals surface area contributed by atoms with Gasteiger partial charge in [-0.1, -0.05) is 0 Å². The Hall–Kier alpha value is -1.30. The molecular weight excluding hydrogens is 248 g/mol. The first-order valence-corrected chi connectivity index (χ1v) is 6.62. The third kappa shape index (κ3) is 5.46. The van der Waals surface area contributed by atoms with Gasteiger partial charge in [0.2, 0.25) is 0 Å². The minimum atomic E-state index is -0.494. The second-order valence-electron chi connectivity index (χ2n) is 5.65. The SMILES string of the molecule is COC(=O)C1CCCN1CCNC(=O)OC(C)(C)C. The number of nitrogens with one attached hydrogen (secondary N) is 1. The van der Waals surface area contributed by atoms with Crippen molar-refractivity contribution in [3.05, 3.63) is 0 Å². The maximum absolute atomic E-state index is 11.5. The monoisotopic (exact) mass is 272 g/mol.